The topological polar surface area (TPSA) is 77.2 Å². The number of H-pyrrole nitrogens is 1. The molecule has 7 heteroatoms. The Morgan fingerprint density at radius 2 is 2.11 bits per heavy atom. The molecule has 0 saturated carbocycles. The van der Waals surface area contributed by atoms with Crippen molar-refractivity contribution in [2.24, 2.45) is 0 Å². The van der Waals surface area contributed by atoms with E-state index in [9.17, 15) is 4.79 Å². The Bertz CT molecular complexity index is 1010. The fraction of sp³-hybridized carbons (Fsp3) is 0.381. The number of aromatic amines is 1. The summed E-state index contributed by atoms with van der Waals surface area (Å²) in [6.07, 6.45) is 3.76. The van der Waals surface area contributed by atoms with Crippen molar-refractivity contribution in [3.63, 3.8) is 0 Å². The number of para-hydroxylation sites is 1. The lowest BCUT2D eigenvalue weighted by Gasteiger charge is -2.29. The third-order valence-corrected chi connectivity index (χ3v) is 5.26. The number of benzene rings is 1. The van der Waals surface area contributed by atoms with E-state index in [-0.39, 0.29) is 5.91 Å². The van der Waals surface area contributed by atoms with Crippen LogP contribution < -0.4 is 10.2 Å². The molecular formula is C21H26N6O. The zero-order chi connectivity index (χ0) is 19.7. The summed E-state index contributed by atoms with van der Waals surface area (Å²) in [6.45, 7) is 3.66. The molecule has 0 bridgehead atoms. The van der Waals surface area contributed by atoms with E-state index in [4.69, 9.17) is 4.98 Å². The molecule has 0 radical (unpaired) electrons. The molecule has 0 unspecified atom stereocenters. The van der Waals surface area contributed by atoms with Crippen molar-refractivity contribution < 1.29 is 4.79 Å². The molecular weight excluding hydrogens is 352 g/mol. The molecule has 3 heterocycles. The Morgan fingerprint density at radius 1 is 1.29 bits per heavy atom. The standard InChI is InChI=1S/C21H26N6O/c1-14(28)27-11-9-17-19(13-27)24-21(26(2)3)25-20(17)22-10-8-15-12-23-18-7-5-4-6-16(15)18/h4-7,12,23H,8-11,13H2,1-3H3,(H,22,24,25). The average molecular weight is 378 g/mol. The number of hydrogen-bond acceptors (Lipinski definition) is 5. The van der Waals surface area contributed by atoms with E-state index < -0.39 is 0 Å². The summed E-state index contributed by atoms with van der Waals surface area (Å²) in [5, 5.41) is 4.78. The molecule has 7 nitrogen and oxygen atoms in total. The molecule has 3 aromatic rings. The van der Waals surface area contributed by atoms with Gasteiger partial charge in [-0.1, -0.05) is 18.2 Å². The summed E-state index contributed by atoms with van der Waals surface area (Å²) in [7, 11) is 3.87. The first-order valence-corrected chi connectivity index (χ1v) is 9.64. The molecule has 4 rings (SSSR count). The van der Waals surface area contributed by atoms with Gasteiger partial charge in [0.05, 0.1) is 12.2 Å². The van der Waals surface area contributed by atoms with Crippen LogP contribution in [0.5, 0.6) is 0 Å². The van der Waals surface area contributed by atoms with Crippen molar-refractivity contribution in [2.45, 2.75) is 26.3 Å². The molecule has 1 aromatic carbocycles. The van der Waals surface area contributed by atoms with Crippen molar-refractivity contribution in [1.29, 1.82) is 0 Å². The highest BCUT2D eigenvalue weighted by atomic mass is 16.2. The number of fused-ring (bicyclic) bond motifs is 2. The lowest BCUT2D eigenvalue weighted by atomic mass is 10.1. The molecule has 28 heavy (non-hydrogen) atoms. The normalized spacial score (nSPS) is 13.5. The quantitative estimate of drug-likeness (QED) is 0.714. The minimum absolute atomic E-state index is 0.0875. The molecule has 0 fully saturated rings. The van der Waals surface area contributed by atoms with E-state index in [1.807, 2.05) is 30.0 Å². The maximum Gasteiger partial charge on any atom is 0.227 e. The van der Waals surface area contributed by atoms with Gasteiger partial charge in [0.2, 0.25) is 11.9 Å². The Kier molecular flexibility index (Phi) is 4.90. The van der Waals surface area contributed by atoms with Gasteiger partial charge in [0, 0.05) is 56.8 Å². The monoisotopic (exact) mass is 378 g/mol. The van der Waals surface area contributed by atoms with Crippen LogP contribution in [0.25, 0.3) is 10.9 Å². The third-order valence-electron chi connectivity index (χ3n) is 5.26. The van der Waals surface area contributed by atoms with Crippen LogP contribution in [0.2, 0.25) is 0 Å². The van der Waals surface area contributed by atoms with Crippen LogP contribution in [-0.2, 0) is 24.2 Å². The summed E-state index contributed by atoms with van der Waals surface area (Å²) in [5.41, 5.74) is 4.52. The number of rotatable bonds is 5. The highest BCUT2D eigenvalue weighted by Gasteiger charge is 2.24. The predicted octanol–water partition coefficient (Wildman–Crippen LogP) is 2.58. The van der Waals surface area contributed by atoms with Gasteiger partial charge in [-0.15, -0.1) is 0 Å². The minimum Gasteiger partial charge on any atom is -0.369 e. The Labute approximate surface area is 164 Å². The summed E-state index contributed by atoms with van der Waals surface area (Å²) >= 11 is 0. The fourth-order valence-corrected chi connectivity index (χ4v) is 3.69. The molecule has 1 aliphatic heterocycles. The van der Waals surface area contributed by atoms with Crippen LogP contribution in [0.3, 0.4) is 0 Å². The van der Waals surface area contributed by atoms with Crippen molar-refractivity contribution in [3.8, 4) is 0 Å². The third kappa shape index (κ3) is 3.52. The summed E-state index contributed by atoms with van der Waals surface area (Å²) in [4.78, 5) is 28.3. The second-order valence-electron chi connectivity index (χ2n) is 7.42. The van der Waals surface area contributed by atoms with E-state index in [1.165, 1.54) is 10.9 Å². The van der Waals surface area contributed by atoms with Gasteiger partial charge in [0.15, 0.2) is 0 Å². The summed E-state index contributed by atoms with van der Waals surface area (Å²) < 4.78 is 0. The van der Waals surface area contributed by atoms with E-state index in [0.717, 1.165) is 42.0 Å². The van der Waals surface area contributed by atoms with Crippen LogP contribution in [0.1, 0.15) is 23.7 Å². The van der Waals surface area contributed by atoms with E-state index in [0.29, 0.717) is 19.0 Å². The molecule has 2 N–H and O–H groups in total. The molecule has 1 amide bonds. The lowest BCUT2D eigenvalue weighted by molar-refractivity contribution is -0.129. The molecule has 0 aliphatic carbocycles. The molecule has 1 aliphatic rings. The summed E-state index contributed by atoms with van der Waals surface area (Å²) in [6, 6.07) is 8.35. The number of nitrogens with zero attached hydrogens (tertiary/aromatic N) is 4. The maximum absolute atomic E-state index is 11.8. The second-order valence-corrected chi connectivity index (χ2v) is 7.42. The number of anilines is 2. The number of nitrogens with one attached hydrogen (secondary N) is 2. The highest BCUT2D eigenvalue weighted by molar-refractivity contribution is 5.83. The van der Waals surface area contributed by atoms with Crippen molar-refractivity contribution in [2.75, 3.05) is 37.4 Å². The predicted molar refractivity (Wildman–Crippen MR) is 112 cm³/mol. The van der Waals surface area contributed by atoms with Gasteiger partial charge in [-0.25, -0.2) is 4.98 Å². The van der Waals surface area contributed by atoms with Crippen LogP contribution >= 0.6 is 0 Å². The summed E-state index contributed by atoms with van der Waals surface area (Å²) in [5.74, 6) is 1.64. The zero-order valence-electron chi connectivity index (χ0n) is 16.6. The minimum atomic E-state index is 0.0875. The first-order valence-electron chi connectivity index (χ1n) is 9.64. The number of carbonyl (C=O) groups is 1. The van der Waals surface area contributed by atoms with Gasteiger partial charge in [0.25, 0.3) is 0 Å². The van der Waals surface area contributed by atoms with Gasteiger partial charge in [-0.2, -0.15) is 4.98 Å². The Balaban J connectivity index is 1.54. The number of aromatic nitrogens is 3. The van der Waals surface area contributed by atoms with Crippen molar-refractivity contribution in [3.05, 3.63) is 47.3 Å². The molecule has 2 aromatic heterocycles. The van der Waals surface area contributed by atoms with Crippen LogP contribution in [0.15, 0.2) is 30.5 Å². The smallest absolute Gasteiger partial charge is 0.227 e. The van der Waals surface area contributed by atoms with Gasteiger partial charge in [-0.3, -0.25) is 4.79 Å². The number of carbonyl (C=O) groups excluding carboxylic acids is 1. The van der Waals surface area contributed by atoms with Crippen LogP contribution in [-0.4, -0.2) is 52.9 Å². The van der Waals surface area contributed by atoms with E-state index in [2.05, 4.69) is 39.7 Å². The highest BCUT2D eigenvalue weighted by Crippen LogP contribution is 2.26. The van der Waals surface area contributed by atoms with Gasteiger partial charge < -0.3 is 20.1 Å². The van der Waals surface area contributed by atoms with Gasteiger partial charge >= 0.3 is 0 Å². The van der Waals surface area contributed by atoms with Crippen molar-refractivity contribution >= 4 is 28.6 Å². The molecule has 0 spiro atoms. The molecule has 0 saturated heterocycles. The first-order chi connectivity index (χ1) is 13.5. The van der Waals surface area contributed by atoms with Crippen LogP contribution in [0, 0.1) is 0 Å². The van der Waals surface area contributed by atoms with Gasteiger partial charge in [-0.05, 0) is 24.5 Å². The van der Waals surface area contributed by atoms with Crippen LogP contribution in [0.4, 0.5) is 11.8 Å². The van der Waals surface area contributed by atoms with E-state index in [1.54, 1.807) is 6.92 Å². The largest absolute Gasteiger partial charge is 0.369 e. The fourth-order valence-electron chi connectivity index (χ4n) is 3.69. The maximum atomic E-state index is 11.8. The molecule has 146 valence electrons. The molecule has 0 atom stereocenters. The number of amides is 1. The second kappa shape index (κ2) is 7.50. The average Bonchev–Trinajstić information content (AvgIpc) is 3.10. The lowest BCUT2D eigenvalue weighted by Crippen LogP contribution is -2.36. The van der Waals surface area contributed by atoms with E-state index >= 15 is 0 Å². The van der Waals surface area contributed by atoms with Gasteiger partial charge in [0.1, 0.15) is 5.82 Å². The zero-order valence-corrected chi connectivity index (χ0v) is 16.6. The Morgan fingerprint density at radius 3 is 2.89 bits per heavy atom. The Hall–Kier alpha value is -3.09. The number of hydrogen-bond donors (Lipinski definition) is 2. The SMILES string of the molecule is CC(=O)N1CCc2c(nc(N(C)C)nc2NCCc2c[nH]c3ccccc23)C1. The van der Waals surface area contributed by atoms with Crippen molar-refractivity contribution in [1.82, 2.24) is 19.9 Å². The first kappa shape index (κ1) is 18.3.